The summed E-state index contributed by atoms with van der Waals surface area (Å²) < 4.78 is 1.51. The van der Waals surface area contributed by atoms with E-state index in [1.807, 2.05) is 6.92 Å². The second-order valence-corrected chi connectivity index (χ2v) is 4.64. The van der Waals surface area contributed by atoms with Crippen molar-refractivity contribution in [2.24, 2.45) is 7.05 Å². The first-order valence-corrected chi connectivity index (χ1v) is 6.05. The first-order valence-electron chi connectivity index (χ1n) is 6.05. The molecule has 1 amide bonds. The number of hydrogen-bond donors (Lipinski definition) is 1. The summed E-state index contributed by atoms with van der Waals surface area (Å²) in [5.74, 6) is -1.17. The SMILES string of the molecule is Cc1cc(C(=O)N2CCCC[C@@H]2C(=O)O)n(C)n1. The Morgan fingerprint density at radius 1 is 1.44 bits per heavy atom. The van der Waals surface area contributed by atoms with Crippen LogP contribution in [0.3, 0.4) is 0 Å². The lowest BCUT2D eigenvalue weighted by molar-refractivity contribution is -0.143. The number of aliphatic carboxylic acids is 1. The van der Waals surface area contributed by atoms with Gasteiger partial charge in [0.25, 0.3) is 5.91 Å². The van der Waals surface area contributed by atoms with Gasteiger partial charge in [-0.05, 0) is 32.3 Å². The van der Waals surface area contributed by atoms with Gasteiger partial charge in [-0.3, -0.25) is 9.48 Å². The van der Waals surface area contributed by atoms with E-state index in [0.717, 1.165) is 18.5 Å². The maximum atomic E-state index is 12.4. The van der Waals surface area contributed by atoms with Crippen molar-refractivity contribution in [3.8, 4) is 0 Å². The van der Waals surface area contributed by atoms with E-state index in [1.54, 1.807) is 13.1 Å². The zero-order chi connectivity index (χ0) is 13.3. The molecule has 0 aromatic carbocycles. The largest absolute Gasteiger partial charge is 0.480 e. The summed E-state index contributed by atoms with van der Waals surface area (Å²) in [6, 6.07) is 0.983. The molecule has 0 aliphatic carbocycles. The Labute approximate surface area is 105 Å². The molecule has 18 heavy (non-hydrogen) atoms. The molecule has 1 aliphatic heterocycles. The Morgan fingerprint density at radius 2 is 2.17 bits per heavy atom. The molecule has 0 bridgehead atoms. The normalized spacial score (nSPS) is 19.9. The Morgan fingerprint density at radius 3 is 2.72 bits per heavy atom. The fourth-order valence-corrected chi connectivity index (χ4v) is 2.39. The van der Waals surface area contributed by atoms with Crippen molar-refractivity contribution >= 4 is 11.9 Å². The zero-order valence-electron chi connectivity index (χ0n) is 10.6. The minimum Gasteiger partial charge on any atom is -0.480 e. The lowest BCUT2D eigenvalue weighted by Crippen LogP contribution is -2.48. The molecule has 0 radical (unpaired) electrons. The van der Waals surface area contributed by atoms with Crippen molar-refractivity contribution in [1.29, 1.82) is 0 Å². The number of nitrogens with zero attached hydrogens (tertiary/aromatic N) is 3. The van der Waals surface area contributed by atoms with Crippen molar-refractivity contribution in [2.75, 3.05) is 6.54 Å². The zero-order valence-corrected chi connectivity index (χ0v) is 10.6. The lowest BCUT2D eigenvalue weighted by Gasteiger charge is -2.32. The Hall–Kier alpha value is -1.85. The molecule has 2 rings (SSSR count). The molecular weight excluding hydrogens is 234 g/mol. The standard InChI is InChI=1S/C12H17N3O3/c1-8-7-10(14(2)13-8)11(16)15-6-4-3-5-9(15)12(17)18/h7,9H,3-6H2,1-2H3,(H,17,18)/t9-/m1/s1. The van der Waals surface area contributed by atoms with Crippen LogP contribution in [0, 0.1) is 6.92 Å². The highest BCUT2D eigenvalue weighted by molar-refractivity contribution is 5.95. The van der Waals surface area contributed by atoms with E-state index in [1.165, 1.54) is 9.58 Å². The molecule has 1 aromatic heterocycles. The molecule has 0 saturated carbocycles. The van der Waals surface area contributed by atoms with Gasteiger partial charge in [0.1, 0.15) is 11.7 Å². The van der Waals surface area contributed by atoms with Crippen LogP contribution in [0.2, 0.25) is 0 Å². The van der Waals surface area contributed by atoms with E-state index >= 15 is 0 Å². The number of carbonyl (C=O) groups excluding carboxylic acids is 1. The summed E-state index contributed by atoms with van der Waals surface area (Å²) in [5.41, 5.74) is 1.20. The molecule has 98 valence electrons. The number of carboxylic acid groups (broad SMARTS) is 1. The number of amides is 1. The molecule has 0 unspecified atom stereocenters. The molecule has 1 aliphatic rings. The predicted octanol–water partition coefficient (Wildman–Crippen LogP) is 0.808. The summed E-state index contributed by atoms with van der Waals surface area (Å²) in [5, 5.41) is 13.3. The summed E-state index contributed by atoms with van der Waals surface area (Å²) in [7, 11) is 1.69. The number of carbonyl (C=O) groups is 2. The van der Waals surface area contributed by atoms with Crippen LogP contribution in [-0.4, -0.2) is 44.3 Å². The van der Waals surface area contributed by atoms with Crippen LogP contribution < -0.4 is 0 Å². The topological polar surface area (TPSA) is 75.4 Å². The van der Waals surface area contributed by atoms with E-state index < -0.39 is 12.0 Å². The number of rotatable bonds is 2. The number of hydrogen-bond acceptors (Lipinski definition) is 3. The van der Waals surface area contributed by atoms with Gasteiger partial charge < -0.3 is 10.0 Å². The van der Waals surface area contributed by atoms with E-state index in [9.17, 15) is 9.59 Å². The molecule has 2 heterocycles. The minimum atomic E-state index is -0.929. The maximum Gasteiger partial charge on any atom is 0.326 e. The number of likely N-dealkylation sites (tertiary alicyclic amines) is 1. The summed E-state index contributed by atoms with van der Waals surface area (Å²) in [4.78, 5) is 25.0. The Kier molecular flexibility index (Phi) is 3.36. The predicted molar refractivity (Wildman–Crippen MR) is 64.3 cm³/mol. The molecule has 1 atom stereocenters. The van der Waals surface area contributed by atoms with Gasteiger partial charge in [0.15, 0.2) is 0 Å². The molecule has 1 saturated heterocycles. The van der Waals surface area contributed by atoms with E-state index in [0.29, 0.717) is 18.7 Å². The highest BCUT2D eigenvalue weighted by atomic mass is 16.4. The Balaban J connectivity index is 2.26. The van der Waals surface area contributed by atoms with E-state index in [-0.39, 0.29) is 5.91 Å². The van der Waals surface area contributed by atoms with Crippen LogP contribution in [0.4, 0.5) is 0 Å². The average molecular weight is 251 g/mol. The van der Waals surface area contributed by atoms with Crippen molar-refractivity contribution in [1.82, 2.24) is 14.7 Å². The fourth-order valence-electron chi connectivity index (χ4n) is 2.39. The second-order valence-electron chi connectivity index (χ2n) is 4.64. The van der Waals surface area contributed by atoms with Crippen LogP contribution >= 0.6 is 0 Å². The highest BCUT2D eigenvalue weighted by Gasteiger charge is 2.33. The van der Waals surface area contributed by atoms with E-state index in [2.05, 4.69) is 5.10 Å². The third-order valence-electron chi connectivity index (χ3n) is 3.27. The highest BCUT2D eigenvalue weighted by Crippen LogP contribution is 2.20. The van der Waals surface area contributed by atoms with Gasteiger partial charge in [0.2, 0.25) is 0 Å². The van der Waals surface area contributed by atoms with Crippen molar-refractivity contribution in [2.45, 2.75) is 32.2 Å². The van der Waals surface area contributed by atoms with E-state index in [4.69, 9.17) is 5.11 Å². The van der Waals surface area contributed by atoms with Gasteiger partial charge >= 0.3 is 5.97 Å². The van der Waals surface area contributed by atoms with Gasteiger partial charge in [-0.15, -0.1) is 0 Å². The lowest BCUT2D eigenvalue weighted by atomic mass is 10.0. The van der Waals surface area contributed by atoms with Gasteiger partial charge in [-0.25, -0.2) is 4.79 Å². The smallest absolute Gasteiger partial charge is 0.326 e. The van der Waals surface area contributed by atoms with Gasteiger partial charge in [-0.1, -0.05) is 0 Å². The summed E-state index contributed by atoms with van der Waals surface area (Å²) in [6.07, 6.45) is 2.23. The van der Waals surface area contributed by atoms with Gasteiger partial charge in [0, 0.05) is 13.6 Å². The molecule has 1 aromatic rings. The fraction of sp³-hybridized carbons (Fsp3) is 0.583. The van der Waals surface area contributed by atoms with Crippen LogP contribution in [-0.2, 0) is 11.8 Å². The molecule has 6 nitrogen and oxygen atoms in total. The quantitative estimate of drug-likeness (QED) is 0.844. The van der Waals surface area contributed by atoms with Crippen LogP contribution in [0.1, 0.15) is 35.4 Å². The number of aryl methyl sites for hydroxylation is 2. The van der Waals surface area contributed by atoms with Crippen molar-refractivity contribution in [3.05, 3.63) is 17.5 Å². The van der Waals surface area contributed by atoms with Crippen LogP contribution in [0.25, 0.3) is 0 Å². The first kappa shape index (κ1) is 12.6. The number of aromatic nitrogens is 2. The third-order valence-corrected chi connectivity index (χ3v) is 3.27. The van der Waals surface area contributed by atoms with Crippen LogP contribution in [0.15, 0.2) is 6.07 Å². The third kappa shape index (κ3) is 2.23. The van der Waals surface area contributed by atoms with Crippen molar-refractivity contribution in [3.63, 3.8) is 0 Å². The first-order chi connectivity index (χ1) is 8.50. The van der Waals surface area contributed by atoms with Gasteiger partial charge in [0.05, 0.1) is 5.69 Å². The average Bonchev–Trinajstić information content (AvgIpc) is 2.67. The monoisotopic (exact) mass is 251 g/mol. The molecule has 1 fully saturated rings. The number of carboxylic acids is 1. The minimum absolute atomic E-state index is 0.245. The van der Waals surface area contributed by atoms with Crippen molar-refractivity contribution < 1.29 is 14.7 Å². The second kappa shape index (κ2) is 4.80. The maximum absolute atomic E-state index is 12.4. The molecule has 1 N–H and O–H groups in total. The Bertz CT molecular complexity index is 481. The number of piperidine rings is 1. The van der Waals surface area contributed by atoms with Gasteiger partial charge in [-0.2, -0.15) is 5.10 Å². The molecular formula is C12H17N3O3. The summed E-state index contributed by atoms with van der Waals surface area (Å²) >= 11 is 0. The van der Waals surface area contributed by atoms with Crippen LogP contribution in [0.5, 0.6) is 0 Å². The summed E-state index contributed by atoms with van der Waals surface area (Å²) in [6.45, 7) is 2.31. The molecule has 6 heteroatoms. The molecule has 0 spiro atoms.